The molecule has 0 unspecified atom stereocenters. The Labute approximate surface area is 224 Å². The normalized spacial score (nSPS) is 15.4. The number of benzene rings is 2. The third kappa shape index (κ3) is 6.29. The molecular weight excluding hydrogens is 510 g/mol. The molecule has 5 rings (SSSR count). The average molecular weight is 538 g/mol. The fourth-order valence-corrected chi connectivity index (χ4v) is 5.41. The molecule has 2 fully saturated rings. The van der Waals surface area contributed by atoms with Crippen LogP contribution in [0.2, 0.25) is 5.02 Å². The van der Waals surface area contributed by atoms with Gasteiger partial charge in [0.05, 0.1) is 22.8 Å². The van der Waals surface area contributed by atoms with Gasteiger partial charge in [0, 0.05) is 43.2 Å². The number of thiazole rings is 1. The van der Waals surface area contributed by atoms with Crippen LogP contribution < -0.4 is 10.2 Å². The van der Waals surface area contributed by atoms with Gasteiger partial charge in [0.1, 0.15) is 6.54 Å². The highest BCUT2D eigenvalue weighted by molar-refractivity contribution is 7.13. The summed E-state index contributed by atoms with van der Waals surface area (Å²) in [6.45, 7) is 2.64. The van der Waals surface area contributed by atoms with Crippen molar-refractivity contribution in [3.8, 4) is 0 Å². The second kappa shape index (κ2) is 11.3. The zero-order chi connectivity index (χ0) is 25.8. The van der Waals surface area contributed by atoms with Crippen LogP contribution in [0.1, 0.15) is 28.9 Å². The van der Waals surface area contributed by atoms with Gasteiger partial charge in [-0.05, 0) is 37.1 Å². The van der Waals surface area contributed by atoms with E-state index in [1.807, 2.05) is 47.4 Å². The zero-order valence-electron chi connectivity index (χ0n) is 20.3. The van der Waals surface area contributed by atoms with E-state index in [0.29, 0.717) is 47.6 Å². The summed E-state index contributed by atoms with van der Waals surface area (Å²) in [5.41, 5.74) is 2.19. The van der Waals surface area contributed by atoms with Gasteiger partial charge < -0.3 is 20.0 Å². The minimum atomic E-state index is -0.292. The Morgan fingerprint density at radius 1 is 1.00 bits per heavy atom. The minimum Gasteiger partial charge on any atom is -0.367 e. The van der Waals surface area contributed by atoms with Crippen LogP contribution in [-0.2, 0) is 16.0 Å². The number of hydrogen-bond donors (Lipinski definition) is 1. The molecule has 0 atom stereocenters. The van der Waals surface area contributed by atoms with E-state index in [2.05, 4.69) is 15.2 Å². The Hall–Kier alpha value is -3.43. The number of rotatable bonds is 8. The van der Waals surface area contributed by atoms with E-state index >= 15 is 0 Å². The number of piperazine rings is 1. The van der Waals surface area contributed by atoms with Crippen molar-refractivity contribution < 1.29 is 14.4 Å². The predicted molar refractivity (Wildman–Crippen MR) is 145 cm³/mol. The van der Waals surface area contributed by atoms with Gasteiger partial charge in [-0.25, -0.2) is 4.98 Å². The average Bonchev–Trinajstić information content (AvgIpc) is 3.67. The molecule has 0 bridgehead atoms. The first-order chi connectivity index (χ1) is 18.0. The molecule has 0 radical (unpaired) electrons. The molecule has 1 saturated carbocycles. The Balaban J connectivity index is 1.11. The van der Waals surface area contributed by atoms with Crippen molar-refractivity contribution >= 4 is 51.5 Å². The van der Waals surface area contributed by atoms with Crippen LogP contribution in [0.3, 0.4) is 0 Å². The largest absolute Gasteiger partial charge is 0.367 e. The Morgan fingerprint density at radius 3 is 2.41 bits per heavy atom. The summed E-state index contributed by atoms with van der Waals surface area (Å²) in [5.74, 6) is -0.423. The fraction of sp³-hybridized carbons (Fsp3) is 0.333. The van der Waals surface area contributed by atoms with Gasteiger partial charge in [0.2, 0.25) is 11.8 Å². The van der Waals surface area contributed by atoms with Crippen LogP contribution in [0, 0.1) is 0 Å². The molecule has 10 heteroatoms. The third-order valence-corrected chi connectivity index (χ3v) is 7.67. The first-order valence-electron chi connectivity index (χ1n) is 12.4. The van der Waals surface area contributed by atoms with Crippen LogP contribution in [0.25, 0.3) is 0 Å². The molecule has 1 saturated heterocycles. The SMILES string of the molecule is O=C(CN(C(=O)c1ccccc1)C1CC1)Nc1nc(CC(=O)N2CCN(c3ccccc3Cl)CC2)cs1. The smallest absolute Gasteiger partial charge is 0.254 e. The molecule has 1 aliphatic carbocycles. The van der Waals surface area contributed by atoms with E-state index in [-0.39, 0.29) is 36.7 Å². The second-order valence-corrected chi connectivity index (χ2v) is 10.5. The number of nitrogens with one attached hydrogen (secondary N) is 1. The van der Waals surface area contributed by atoms with E-state index in [1.165, 1.54) is 11.3 Å². The van der Waals surface area contributed by atoms with Crippen LogP contribution in [0.15, 0.2) is 60.0 Å². The maximum atomic E-state index is 12.9. The first kappa shape index (κ1) is 25.2. The lowest BCUT2D eigenvalue weighted by molar-refractivity contribution is -0.130. The molecule has 1 aromatic heterocycles. The number of aromatic nitrogens is 1. The van der Waals surface area contributed by atoms with Crippen LogP contribution in [0.5, 0.6) is 0 Å². The van der Waals surface area contributed by atoms with E-state index in [9.17, 15) is 14.4 Å². The molecule has 37 heavy (non-hydrogen) atoms. The van der Waals surface area contributed by atoms with Crippen molar-refractivity contribution in [2.75, 3.05) is 42.9 Å². The molecule has 3 amide bonds. The van der Waals surface area contributed by atoms with Crippen molar-refractivity contribution in [3.63, 3.8) is 0 Å². The summed E-state index contributed by atoms with van der Waals surface area (Å²) >= 11 is 7.59. The molecule has 3 aromatic rings. The predicted octanol–water partition coefficient (Wildman–Crippen LogP) is 3.93. The summed E-state index contributed by atoms with van der Waals surface area (Å²) in [6, 6.07) is 16.8. The van der Waals surface area contributed by atoms with E-state index in [4.69, 9.17) is 11.6 Å². The monoisotopic (exact) mass is 537 g/mol. The number of amides is 3. The van der Waals surface area contributed by atoms with Gasteiger partial charge in [-0.15, -0.1) is 11.3 Å². The lowest BCUT2D eigenvalue weighted by atomic mass is 10.2. The third-order valence-electron chi connectivity index (χ3n) is 6.54. The Morgan fingerprint density at radius 2 is 1.70 bits per heavy atom. The van der Waals surface area contributed by atoms with Crippen molar-refractivity contribution in [2.24, 2.45) is 0 Å². The highest BCUT2D eigenvalue weighted by Gasteiger charge is 2.34. The lowest BCUT2D eigenvalue weighted by Gasteiger charge is -2.36. The summed E-state index contributed by atoms with van der Waals surface area (Å²) < 4.78 is 0. The number of nitrogens with zero attached hydrogens (tertiary/aromatic N) is 4. The van der Waals surface area contributed by atoms with Crippen molar-refractivity contribution in [2.45, 2.75) is 25.3 Å². The number of hydrogen-bond acceptors (Lipinski definition) is 6. The number of para-hydroxylation sites is 1. The van der Waals surface area contributed by atoms with Gasteiger partial charge in [-0.1, -0.05) is 41.9 Å². The summed E-state index contributed by atoms with van der Waals surface area (Å²) in [5, 5.41) is 5.73. The van der Waals surface area contributed by atoms with Crippen LogP contribution in [-0.4, -0.2) is 71.3 Å². The lowest BCUT2D eigenvalue weighted by Crippen LogP contribution is -2.49. The number of carbonyl (C=O) groups is 3. The van der Waals surface area contributed by atoms with Gasteiger partial charge in [-0.3, -0.25) is 14.4 Å². The fourth-order valence-electron chi connectivity index (χ4n) is 4.43. The standard InChI is InChI=1S/C27H28ClN5O3S/c28-22-8-4-5-9-23(22)31-12-14-32(15-13-31)25(35)16-20-18-37-27(29-20)30-24(34)17-33(21-10-11-21)26(36)19-6-2-1-3-7-19/h1-9,18,21H,10-17H2,(H,29,30,34). The van der Waals surface area contributed by atoms with Crippen molar-refractivity contribution in [3.05, 3.63) is 76.3 Å². The maximum Gasteiger partial charge on any atom is 0.254 e. The highest BCUT2D eigenvalue weighted by atomic mass is 35.5. The van der Waals surface area contributed by atoms with E-state index < -0.39 is 0 Å². The number of halogens is 1. The maximum absolute atomic E-state index is 12.9. The molecule has 192 valence electrons. The van der Waals surface area contributed by atoms with Crippen LogP contribution >= 0.6 is 22.9 Å². The Kier molecular flexibility index (Phi) is 7.71. The molecular formula is C27H28ClN5O3S. The minimum absolute atomic E-state index is 0.00958. The van der Waals surface area contributed by atoms with E-state index in [1.54, 1.807) is 22.4 Å². The molecule has 0 spiro atoms. The van der Waals surface area contributed by atoms with Gasteiger partial charge in [-0.2, -0.15) is 0 Å². The molecule has 2 aromatic carbocycles. The summed E-state index contributed by atoms with van der Waals surface area (Å²) in [7, 11) is 0. The van der Waals surface area contributed by atoms with Gasteiger partial charge >= 0.3 is 0 Å². The molecule has 1 N–H and O–H groups in total. The quantitative estimate of drug-likeness (QED) is 0.470. The number of carbonyl (C=O) groups excluding carboxylic acids is 3. The number of anilines is 2. The van der Waals surface area contributed by atoms with Crippen molar-refractivity contribution in [1.82, 2.24) is 14.8 Å². The Bertz CT molecular complexity index is 1270. The molecule has 2 aliphatic rings. The van der Waals surface area contributed by atoms with E-state index in [0.717, 1.165) is 18.5 Å². The first-order valence-corrected chi connectivity index (χ1v) is 13.6. The molecule has 2 heterocycles. The van der Waals surface area contributed by atoms with Crippen molar-refractivity contribution in [1.29, 1.82) is 0 Å². The summed E-state index contributed by atoms with van der Waals surface area (Å²) in [4.78, 5) is 48.6. The van der Waals surface area contributed by atoms with Crippen LogP contribution in [0.4, 0.5) is 10.8 Å². The summed E-state index contributed by atoms with van der Waals surface area (Å²) in [6.07, 6.45) is 1.99. The molecule has 1 aliphatic heterocycles. The molecule has 8 nitrogen and oxygen atoms in total. The highest BCUT2D eigenvalue weighted by Crippen LogP contribution is 2.29. The topological polar surface area (TPSA) is 85.8 Å². The zero-order valence-corrected chi connectivity index (χ0v) is 21.9. The second-order valence-electron chi connectivity index (χ2n) is 9.22. The van der Waals surface area contributed by atoms with Gasteiger partial charge in [0.15, 0.2) is 5.13 Å². The van der Waals surface area contributed by atoms with Gasteiger partial charge in [0.25, 0.3) is 5.91 Å².